The monoisotopic (exact) mass is 165 g/mol. The summed E-state index contributed by atoms with van der Waals surface area (Å²) >= 11 is 0. The average Bonchev–Trinajstić information content (AvgIpc) is 2.05. The Labute approximate surface area is 72.5 Å². The normalized spacial score (nSPS) is 12.8. The van der Waals surface area contributed by atoms with Crippen LogP contribution in [0.3, 0.4) is 0 Å². The smallest absolute Gasteiger partial charge is 0.0317 e. The quantitative estimate of drug-likeness (QED) is 0.574. The molecule has 3 nitrogen and oxygen atoms in total. The zero-order chi connectivity index (χ0) is 8.97. The molecule has 0 spiro atoms. The molecule has 1 atom stereocenters. The van der Waals surface area contributed by atoms with Gasteiger partial charge in [0, 0.05) is 11.7 Å². The van der Waals surface area contributed by atoms with Crippen LogP contribution in [0.25, 0.3) is 0 Å². The van der Waals surface area contributed by atoms with Gasteiger partial charge < -0.3 is 17.2 Å². The van der Waals surface area contributed by atoms with Gasteiger partial charge in [0.15, 0.2) is 0 Å². The Kier molecular flexibility index (Phi) is 3.08. The molecule has 66 valence electrons. The van der Waals surface area contributed by atoms with Crippen molar-refractivity contribution in [3.05, 3.63) is 29.8 Å². The van der Waals surface area contributed by atoms with E-state index in [2.05, 4.69) is 0 Å². The van der Waals surface area contributed by atoms with Crippen LogP contribution in [-0.2, 0) is 0 Å². The number of nitrogen functional groups attached to an aromatic ring is 1. The van der Waals surface area contributed by atoms with Crippen LogP contribution >= 0.6 is 0 Å². The van der Waals surface area contributed by atoms with Gasteiger partial charge in [-0.2, -0.15) is 0 Å². The summed E-state index contributed by atoms with van der Waals surface area (Å²) in [6, 6.07) is 7.62. The Morgan fingerprint density at radius 2 is 2.08 bits per heavy atom. The second-order valence-corrected chi connectivity index (χ2v) is 2.85. The Morgan fingerprint density at radius 3 is 2.67 bits per heavy atom. The van der Waals surface area contributed by atoms with Crippen molar-refractivity contribution in [2.75, 3.05) is 12.3 Å². The summed E-state index contributed by atoms with van der Waals surface area (Å²) in [6.45, 7) is 0.607. The molecule has 1 unspecified atom stereocenters. The maximum Gasteiger partial charge on any atom is 0.0317 e. The highest BCUT2D eigenvalue weighted by Gasteiger charge is 2.03. The van der Waals surface area contributed by atoms with Gasteiger partial charge in [-0.15, -0.1) is 0 Å². The molecule has 6 N–H and O–H groups in total. The van der Waals surface area contributed by atoms with E-state index in [9.17, 15) is 0 Å². The number of hydrogen-bond donors (Lipinski definition) is 3. The van der Waals surface area contributed by atoms with Crippen LogP contribution in [0.1, 0.15) is 18.0 Å². The first-order valence-electron chi connectivity index (χ1n) is 4.05. The average molecular weight is 165 g/mol. The van der Waals surface area contributed by atoms with Crippen molar-refractivity contribution in [3.8, 4) is 0 Å². The van der Waals surface area contributed by atoms with Crippen LogP contribution in [0, 0.1) is 0 Å². The molecule has 0 saturated heterocycles. The highest BCUT2D eigenvalue weighted by atomic mass is 14.7. The molecule has 1 rings (SSSR count). The lowest BCUT2D eigenvalue weighted by Crippen LogP contribution is -2.15. The minimum atomic E-state index is 0.0125. The number of hydrogen-bond acceptors (Lipinski definition) is 3. The van der Waals surface area contributed by atoms with Gasteiger partial charge in [-0.05, 0) is 30.7 Å². The Balaban J connectivity index is 2.73. The first-order valence-corrected chi connectivity index (χ1v) is 4.05. The number of rotatable bonds is 3. The second-order valence-electron chi connectivity index (χ2n) is 2.85. The van der Waals surface area contributed by atoms with E-state index < -0.39 is 0 Å². The van der Waals surface area contributed by atoms with Crippen molar-refractivity contribution in [3.63, 3.8) is 0 Å². The fourth-order valence-corrected chi connectivity index (χ4v) is 1.14. The summed E-state index contributed by atoms with van der Waals surface area (Å²) in [5.41, 5.74) is 18.6. The van der Waals surface area contributed by atoms with E-state index in [1.54, 1.807) is 0 Å². The zero-order valence-corrected chi connectivity index (χ0v) is 7.03. The largest absolute Gasteiger partial charge is 0.399 e. The topological polar surface area (TPSA) is 78.1 Å². The maximum atomic E-state index is 5.84. The molecule has 0 aliphatic heterocycles. The predicted molar refractivity (Wildman–Crippen MR) is 51.5 cm³/mol. The van der Waals surface area contributed by atoms with Gasteiger partial charge in [0.25, 0.3) is 0 Å². The Morgan fingerprint density at radius 1 is 1.33 bits per heavy atom. The molecule has 0 fully saturated rings. The van der Waals surface area contributed by atoms with Gasteiger partial charge >= 0.3 is 0 Å². The van der Waals surface area contributed by atoms with E-state index in [0.717, 1.165) is 17.7 Å². The molecule has 0 aromatic heterocycles. The molecule has 0 amide bonds. The van der Waals surface area contributed by atoms with Gasteiger partial charge in [0.1, 0.15) is 0 Å². The second kappa shape index (κ2) is 4.09. The van der Waals surface area contributed by atoms with E-state index >= 15 is 0 Å². The van der Waals surface area contributed by atoms with Gasteiger partial charge in [-0.1, -0.05) is 12.1 Å². The van der Waals surface area contributed by atoms with Crippen molar-refractivity contribution < 1.29 is 0 Å². The third-order valence-corrected chi connectivity index (χ3v) is 1.82. The molecule has 1 aromatic carbocycles. The fourth-order valence-electron chi connectivity index (χ4n) is 1.14. The molecule has 12 heavy (non-hydrogen) atoms. The molecule has 3 heteroatoms. The van der Waals surface area contributed by atoms with E-state index in [0.29, 0.717) is 6.54 Å². The predicted octanol–water partition coefficient (Wildman–Crippen LogP) is 0.617. The summed E-state index contributed by atoms with van der Waals surface area (Å²) < 4.78 is 0. The number of anilines is 1. The summed E-state index contributed by atoms with van der Waals surface area (Å²) in [4.78, 5) is 0. The molecule has 0 radical (unpaired) electrons. The zero-order valence-electron chi connectivity index (χ0n) is 7.03. The Bertz CT molecular complexity index is 247. The highest BCUT2D eigenvalue weighted by Crippen LogP contribution is 2.15. The summed E-state index contributed by atoms with van der Waals surface area (Å²) in [5.74, 6) is 0. The van der Waals surface area contributed by atoms with Gasteiger partial charge in [0.05, 0.1) is 0 Å². The molecule has 0 bridgehead atoms. The molecular weight excluding hydrogens is 150 g/mol. The molecule has 0 aliphatic rings. The number of benzene rings is 1. The minimum Gasteiger partial charge on any atom is -0.399 e. The highest BCUT2D eigenvalue weighted by molar-refractivity contribution is 5.41. The summed E-state index contributed by atoms with van der Waals surface area (Å²) in [6.07, 6.45) is 0.795. The van der Waals surface area contributed by atoms with Gasteiger partial charge in [-0.3, -0.25) is 0 Å². The molecule has 1 aromatic rings. The van der Waals surface area contributed by atoms with E-state index in [1.807, 2.05) is 24.3 Å². The van der Waals surface area contributed by atoms with E-state index in [1.165, 1.54) is 0 Å². The lowest BCUT2D eigenvalue weighted by molar-refractivity contribution is 0.662. The van der Waals surface area contributed by atoms with Crippen molar-refractivity contribution in [2.24, 2.45) is 11.5 Å². The van der Waals surface area contributed by atoms with Crippen LogP contribution in [0.15, 0.2) is 24.3 Å². The molecule has 0 saturated carbocycles. The summed E-state index contributed by atoms with van der Waals surface area (Å²) in [7, 11) is 0. The van der Waals surface area contributed by atoms with Crippen molar-refractivity contribution in [1.29, 1.82) is 0 Å². The standard InChI is InChI=1S/C9H15N3/c10-5-4-9(12)7-2-1-3-8(11)6-7/h1-3,6,9H,4-5,10-12H2. The van der Waals surface area contributed by atoms with Gasteiger partial charge in [-0.25, -0.2) is 0 Å². The molecule has 0 heterocycles. The third kappa shape index (κ3) is 2.22. The first kappa shape index (κ1) is 9.03. The van der Waals surface area contributed by atoms with E-state index in [4.69, 9.17) is 17.2 Å². The lowest BCUT2D eigenvalue weighted by atomic mass is 10.0. The van der Waals surface area contributed by atoms with Crippen LogP contribution in [0.4, 0.5) is 5.69 Å². The van der Waals surface area contributed by atoms with Crippen molar-refractivity contribution >= 4 is 5.69 Å². The molecule has 0 aliphatic carbocycles. The lowest BCUT2D eigenvalue weighted by Gasteiger charge is -2.10. The maximum absolute atomic E-state index is 5.84. The molecular formula is C9H15N3. The minimum absolute atomic E-state index is 0.0125. The SMILES string of the molecule is NCCC(N)c1cccc(N)c1. The van der Waals surface area contributed by atoms with Crippen LogP contribution in [0.2, 0.25) is 0 Å². The van der Waals surface area contributed by atoms with Crippen LogP contribution in [0.5, 0.6) is 0 Å². The number of nitrogens with two attached hydrogens (primary N) is 3. The van der Waals surface area contributed by atoms with Crippen LogP contribution in [-0.4, -0.2) is 6.54 Å². The fraction of sp³-hybridized carbons (Fsp3) is 0.333. The van der Waals surface area contributed by atoms with E-state index in [-0.39, 0.29) is 6.04 Å². The van der Waals surface area contributed by atoms with Crippen molar-refractivity contribution in [1.82, 2.24) is 0 Å². The van der Waals surface area contributed by atoms with Crippen LogP contribution < -0.4 is 17.2 Å². The Hall–Kier alpha value is -1.06. The van der Waals surface area contributed by atoms with Crippen molar-refractivity contribution in [2.45, 2.75) is 12.5 Å². The third-order valence-electron chi connectivity index (χ3n) is 1.82. The summed E-state index contributed by atoms with van der Waals surface area (Å²) in [5, 5.41) is 0. The van der Waals surface area contributed by atoms with Gasteiger partial charge in [0.2, 0.25) is 0 Å². The first-order chi connectivity index (χ1) is 5.74.